The van der Waals surface area contributed by atoms with Crippen LogP contribution < -0.4 is 11.3 Å². The van der Waals surface area contributed by atoms with Crippen molar-refractivity contribution in [2.24, 2.45) is 5.84 Å². The fourth-order valence-electron chi connectivity index (χ4n) is 1.89. The molecule has 2 aromatic rings. The average Bonchev–Trinajstić information content (AvgIpc) is 2.83. The summed E-state index contributed by atoms with van der Waals surface area (Å²) in [6, 6.07) is 5.00. The number of imidazole rings is 1. The number of halogens is 2. The van der Waals surface area contributed by atoms with Crippen LogP contribution in [0, 0.1) is 0 Å². The van der Waals surface area contributed by atoms with Crippen molar-refractivity contribution >= 4 is 23.2 Å². The first-order chi connectivity index (χ1) is 8.67. The summed E-state index contributed by atoms with van der Waals surface area (Å²) in [5, 5.41) is 1.22. The molecule has 0 aliphatic rings. The summed E-state index contributed by atoms with van der Waals surface area (Å²) in [5.74, 6) is 6.44. The van der Waals surface area contributed by atoms with Crippen molar-refractivity contribution in [3.8, 4) is 0 Å². The molecule has 18 heavy (non-hydrogen) atoms. The number of nitrogens with two attached hydrogens (primary N) is 1. The molecule has 0 radical (unpaired) electrons. The third-order valence-electron chi connectivity index (χ3n) is 2.78. The number of nitrogens with one attached hydrogen (secondary N) is 1. The van der Waals surface area contributed by atoms with Gasteiger partial charge in [-0.05, 0) is 30.7 Å². The zero-order chi connectivity index (χ0) is 13.1. The number of aromatic nitrogens is 2. The minimum absolute atomic E-state index is 0.286. The summed E-state index contributed by atoms with van der Waals surface area (Å²) in [6.07, 6.45) is 3.64. The molecule has 1 aromatic carbocycles. The smallest absolute Gasteiger partial charge is 0.131 e. The normalized spacial score (nSPS) is 12.7. The molecule has 1 unspecified atom stereocenters. The molecule has 1 heterocycles. The molecule has 2 rings (SSSR count). The van der Waals surface area contributed by atoms with Crippen LogP contribution in [0.25, 0.3) is 0 Å². The second kappa shape index (κ2) is 5.71. The van der Waals surface area contributed by atoms with Crippen LogP contribution in [0.1, 0.15) is 24.4 Å². The number of hydrogen-bond acceptors (Lipinski definition) is 3. The minimum atomic E-state index is -0.286. The van der Waals surface area contributed by atoms with E-state index < -0.39 is 0 Å². The zero-order valence-electron chi connectivity index (χ0n) is 9.90. The first-order valence-electron chi connectivity index (χ1n) is 5.59. The lowest BCUT2D eigenvalue weighted by Gasteiger charge is -2.18. The minimum Gasteiger partial charge on any atom is -0.334 e. The topological polar surface area (TPSA) is 55.9 Å². The van der Waals surface area contributed by atoms with Crippen LogP contribution in [-0.2, 0) is 6.54 Å². The van der Waals surface area contributed by atoms with E-state index in [1.54, 1.807) is 24.4 Å². The van der Waals surface area contributed by atoms with Crippen molar-refractivity contribution in [3.05, 3.63) is 52.0 Å². The Balaban J connectivity index is 2.48. The first-order valence-corrected chi connectivity index (χ1v) is 6.35. The number of hydrogen-bond donors (Lipinski definition) is 2. The van der Waals surface area contributed by atoms with Crippen molar-refractivity contribution in [1.82, 2.24) is 15.0 Å². The summed E-state index contributed by atoms with van der Waals surface area (Å²) in [4.78, 5) is 4.32. The number of rotatable bonds is 4. The van der Waals surface area contributed by atoms with Crippen LogP contribution in [0.4, 0.5) is 0 Å². The molecular weight excluding hydrogens is 271 g/mol. The quantitative estimate of drug-likeness (QED) is 0.671. The lowest BCUT2D eigenvalue weighted by molar-refractivity contribution is 0.561. The van der Waals surface area contributed by atoms with E-state index in [-0.39, 0.29) is 6.04 Å². The highest BCUT2D eigenvalue weighted by Crippen LogP contribution is 2.29. The molecular formula is C12H14Cl2N4. The van der Waals surface area contributed by atoms with Crippen LogP contribution in [0.5, 0.6) is 0 Å². The van der Waals surface area contributed by atoms with E-state index in [1.165, 1.54) is 0 Å². The molecule has 0 aliphatic heterocycles. The zero-order valence-corrected chi connectivity index (χ0v) is 11.4. The predicted octanol–water partition coefficient (Wildman–Crippen LogP) is 2.76. The van der Waals surface area contributed by atoms with Gasteiger partial charge >= 0.3 is 0 Å². The van der Waals surface area contributed by atoms with Crippen LogP contribution >= 0.6 is 23.2 Å². The third-order valence-corrected chi connectivity index (χ3v) is 3.36. The van der Waals surface area contributed by atoms with Gasteiger partial charge in [0.1, 0.15) is 11.9 Å². The Hall–Kier alpha value is -1.07. The van der Waals surface area contributed by atoms with Gasteiger partial charge in [0.05, 0.1) is 0 Å². The Kier molecular flexibility index (Phi) is 4.24. The second-order valence-electron chi connectivity index (χ2n) is 3.84. The molecule has 0 saturated heterocycles. The van der Waals surface area contributed by atoms with E-state index in [9.17, 15) is 0 Å². The van der Waals surface area contributed by atoms with E-state index in [4.69, 9.17) is 29.0 Å². The SMILES string of the molecule is CCn1ccnc1C(NN)c1cc(Cl)ccc1Cl. The molecule has 0 bridgehead atoms. The fraction of sp³-hybridized carbons (Fsp3) is 0.250. The molecule has 0 amide bonds. The third kappa shape index (κ3) is 2.52. The van der Waals surface area contributed by atoms with Crippen molar-refractivity contribution < 1.29 is 0 Å². The van der Waals surface area contributed by atoms with Crippen LogP contribution in [0.3, 0.4) is 0 Å². The molecule has 3 N–H and O–H groups in total. The van der Waals surface area contributed by atoms with Crippen LogP contribution in [0.2, 0.25) is 10.0 Å². The molecule has 96 valence electrons. The molecule has 1 atom stereocenters. The van der Waals surface area contributed by atoms with Gasteiger partial charge in [-0.2, -0.15) is 0 Å². The number of hydrazine groups is 1. The van der Waals surface area contributed by atoms with Crippen molar-refractivity contribution in [2.45, 2.75) is 19.5 Å². The molecule has 0 saturated carbocycles. The standard InChI is InChI=1S/C12H14Cl2N4/c1-2-18-6-5-16-12(18)11(17-15)9-7-8(13)3-4-10(9)14/h3-7,11,17H,2,15H2,1H3. The van der Waals surface area contributed by atoms with Gasteiger partial charge < -0.3 is 4.57 Å². The molecule has 1 aromatic heterocycles. The average molecular weight is 285 g/mol. The summed E-state index contributed by atoms with van der Waals surface area (Å²) < 4.78 is 2.00. The monoisotopic (exact) mass is 284 g/mol. The van der Waals surface area contributed by atoms with Crippen LogP contribution in [-0.4, -0.2) is 9.55 Å². The maximum atomic E-state index is 6.19. The number of nitrogens with zero attached hydrogens (tertiary/aromatic N) is 2. The Labute approximate surface area is 116 Å². The van der Waals surface area contributed by atoms with Gasteiger partial charge in [0, 0.05) is 29.0 Å². The van der Waals surface area contributed by atoms with Gasteiger partial charge in [0.2, 0.25) is 0 Å². The molecule has 0 aliphatic carbocycles. The van der Waals surface area contributed by atoms with Gasteiger partial charge in [0.25, 0.3) is 0 Å². The Morgan fingerprint density at radius 1 is 1.44 bits per heavy atom. The Morgan fingerprint density at radius 3 is 2.89 bits per heavy atom. The van der Waals surface area contributed by atoms with E-state index in [0.717, 1.165) is 17.9 Å². The largest absolute Gasteiger partial charge is 0.334 e. The Morgan fingerprint density at radius 2 is 2.22 bits per heavy atom. The van der Waals surface area contributed by atoms with Gasteiger partial charge in [0.15, 0.2) is 0 Å². The Bertz CT molecular complexity index is 539. The number of aryl methyl sites for hydroxylation is 1. The van der Waals surface area contributed by atoms with Gasteiger partial charge in [-0.1, -0.05) is 23.2 Å². The van der Waals surface area contributed by atoms with Crippen molar-refractivity contribution in [2.75, 3.05) is 0 Å². The predicted molar refractivity (Wildman–Crippen MR) is 73.5 cm³/mol. The number of benzene rings is 1. The maximum absolute atomic E-state index is 6.19. The second-order valence-corrected chi connectivity index (χ2v) is 4.68. The highest BCUT2D eigenvalue weighted by Gasteiger charge is 2.20. The van der Waals surface area contributed by atoms with Crippen molar-refractivity contribution in [3.63, 3.8) is 0 Å². The molecule has 0 spiro atoms. The summed E-state index contributed by atoms with van der Waals surface area (Å²) >= 11 is 12.2. The first kappa shape index (κ1) is 13.4. The molecule has 6 heteroatoms. The van der Waals surface area contributed by atoms with E-state index in [0.29, 0.717) is 10.0 Å². The summed E-state index contributed by atoms with van der Waals surface area (Å²) in [6.45, 7) is 2.85. The van der Waals surface area contributed by atoms with Crippen LogP contribution in [0.15, 0.2) is 30.6 Å². The maximum Gasteiger partial charge on any atom is 0.131 e. The molecule has 0 fully saturated rings. The highest BCUT2D eigenvalue weighted by molar-refractivity contribution is 6.33. The van der Waals surface area contributed by atoms with Crippen molar-refractivity contribution in [1.29, 1.82) is 0 Å². The van der Waals surface area contributed by atoms with E-state index >= 15 is 0 Å². The van der Waals surface area contributed by atoms with E-state index in [1.807, 2.05) is 17.7 Å². The van der Waals surface area contributed by atoms with Gasteiger partial charge in [-0.3, -0.25) is 5.84 Å². The fourth-order valence-corrected chi connectivity index (χ4v) is 2.29. The molecule has 4 nitrogen and oxygen atoms in total. The lowest BCUT2D eigenvalue weighted by Crippen LogP contribution is -2.31. The lowest BCUT2D eigenvalue weighted by atomic mass is 10.1. The summed E-state index contributed by atoms with van der Waals surface area (Å²) in [7, 11) is 0. The summed E-state index contributed by atoms with van der Waals surface area (Å²) in [5.41, 5.74) is 3.55. The van der Waals surface area contributed by atoms with E-state index in [2.05, 4.69) is 10.4 Å². The highest BCUT2D eigenvalue weighted by atomic mass is 35.5. The van der Waals surface area contributed by atoms with Gasteiger partial charge in [-0.25, -0.2) is 10.4 Å². The van der Waals surface area contributed by atoms with Gasteiger partial charge in [-0.15, -0.1) is 0 Å².